The van der Waals surface area contributed by atoms with Gasteiger partial charge in [-0.15, -0.1) is 13.2 Å². The third kappa shape index (κ3) is 6.81. The monoisotopic (exact) mass is 582 g/mol. The van der Waals surface area contributed by atoms with Gasteiger partial charge < -0.3 is 31.2 Å². The molecule has 5 rings (SSSR count). The van der Waals surface area contributed by atoms with Crippen molar-refractivity contribution in [2.75, 3.05) is 11.9 Å². The van der Waals surface area contributed by atoms with E-state index in [2.05, 4.69) is 20.4 Å². The molecular formula is C29H29F3N6O4. The van der Waals surface area contributed by atoms with Crippen molar-refractivity contribution in [3.05, 3.63) is 72.3 Å². The number of halogens is 3. The van der Waals surface area contributed by atoms with Gasteiger partial charge in [0.05, 0.1) is 16.7 Å². The standard InChI is InChI=1S/C29H29F3N6O4/c30-29(31,32)42-21-4-1-3-17(15-21)26-37-22-16-18(27(41)36-19-7-9-20(39)10-8-19)6-11-23(22)38(26)24(25(33)40)5-2-14-35-28(34)12-13-28/h1,3-4,6-11,15-16,24,35,39H,2,5,12-14,34H2,(H2,33,40)(H,36,41)/t24-/m0/s1. The smallest absolute Gasteiger partial charge is 0.508 e. The molecule has 0 aliphatic heterocycles. The van der Waals surface area contributed by atoms with Crippen molar-refractivity contribution in [1.29, 1.82) is 0 Å². The van der Waals surface area contributed by atoms with Crippen molar-refractivity contribution in [2.24, 2.45) is 11.5 Å². The summed E-state index contributed by atoms with van der Waals surface area (Å²) in [6.07, 6.45) is -2.33. The molecule has 1 fully saturated rings. The number of aromatic hydroxyl groups is 1. The molecule has 0 bridgehead atoms. The van der Waals surface area contributed by atoms with E-state index in [0.717, 1.165) is 18.9 Å². The second-order valence-corrected chi connectivity index (χ2v) is 10.2. The Morgan fingerprint density at radius 3 is 2.50 bits per heavy atom. The van der Waals surface area contributed by atoms with Gasteiger partial charge in [0.2, 0.25) is 5.91 Å². The molecule has 1 heterocycles. The van der Waals surface area contributed by atoms with Crippen LogP contribution in [0, 0.1) is 0 Å². The average molecular weight is 583 g/mol. The molecule has 1 atom stereocenters. The summed E-state index contributed by atoms with van der Waals surface area (Å²) in [5, 5.41) is 15.5. The van der Waals surface area contributed by atoms with Crippen molar-refractivity contribution < 1.29 is 32.6 Å². The van der Waals surface area contributed by atoms with Gasteiger partial charge in [-0.2, -0.15) is 0 Å². The van der Waals surface area contributed by atoms with E-state index in [0.29, 0.717) is 36.1 Å². The molecule has 7 N–H and O–H groups in total. The van der Waals surface area contributed by atoms with Crippen LogP contribution >= 0.6 is 0 Å². The van der Waals surface area contributed by atoms with E-state index in [9.17, 15) is 27.9 Å². The van der Waals surface area contributed by atoms with Gasteiger partial charge >= 0.3 is 6.36 Å². The number of carbonyl (C=O) groups excluding carboxylic acids is 2. The molecule has 0 unspecified atom stereocenters. The largest absolute Gasteiger partial charge is 0.573 e. The van der Waals surface area contributed by atoms with E-state index in [4.69, 9.17) is 11.5 Å². The number of fused-ring (bicyclic) bond motifs is 1. The van der Waals surface area contributed by atoms with Crippen LogP contribution in [-0.2, 0) is 4.79 Å². The lowest BCUT2D eigenvalue weighted by Gasteiger charge is -2.20. The summed E-state index contributed by atoms with van der Waals surface area (Å²) in [5.74, 6) is -1.33. The van der Waals surface area contributed by atoms with Crippen molar-refractivity contribution >= 4 is 28.5 Å². The fourth-order valence-corrected chi connectivity index (χ4v) is 4.68. The Kier molecular flexibility index (Phi) is 7.80. The van der Waals surface area contributed by atoms with Gasteiger partial charge in [-0.05, 0) is 86.8 Å². The van der Waals surface area contributed by atoms with Crippen LogP contribution in [0.5, 0.6) is 11.5 Å². The molecule has 13 heteroatoms. The number of nitrogens with zero attached hydrogens (tertiary/aromatic N) is 2. The normalized spacial score (nSPS) is 14.9. The number of aromatic nitrogens is 2. The molecule has 0 saturated heterocycles. The van der Waals surface area contributed by atoms with E-state index >= 15 is 0 Å². The molecule has 2 amide bonds. The Morgan fingerprint density at radius 1 is 1.10 bits per heavy atom. The number of imidazole rings is 1. The Hall–Kier alpha value is -4.62. The quantitative estimate of drug-likeness (QED) is 0.0996. The summed E-state index contributed by atoms with van der Waals surface area (Å²) < 4.78 is 44.5. The number of amides is 2. The Bertz CT molecular complexity index is 1620. The molecule has 1 saturated carbocycles. The van der Waals surface area contributed by atoms with Crippen LogP contribution in [0.1, 0.15) is 42.1 Å². The number of ether oxygens (including phenoxy) is 1. The third-order valence-corrected chi connectivity index (χ3v) is 6.96. The summed E-state index contributed by atoms with van der Waals surface area (Å²) in [6.45, 7) is 0.540. The number of alkyl halides is 3. The summed E-state index contributed by atoms with van der Waals surface area (Å²) in [7, 11) is 0. The third-order valence-electron chi connectivity index (χ3n) is 6.96. The molecule has 4 aromatic rings. The lowest BCUT2D eigenvalue weighted by Crippen LogP contribution is -2.40. The van der Waals surface area contributed by atoms with Crippen molar-refractivity contribution in [2.45, 2.75) is 43.8 Å². The zero-order valence-corrected chi connectivity index (χ0v) is 22.3. The first-order valence-corrected chi connectivity index (χ1v) is 13.2. The van der Waals surface area contributed by atoms with Crippen molar-refractivity contribution in [3.63, 3.8) is 0 Å². The zero-order valence-electron chi connectivity index (χ0n) is 22.3. The van der Waals surface area contributed by atoms with E-state index < -0.39 is 30.0 Å². The second kappa shape index (κ2) is 11.3. The highest BCUT2D eigenvalue weighted by Gasteiger charge is 2.37. The number of anilines is 1. The van der Waals surface area contributed by atoms with E-state index in [1.807, 2.05) is 0 Å². The van der Waals surface area contributed by atoms with E-state index in [1.165, 1.54) is 42.5 Å². The minimum absolute atomic E-state index is 0.0482. The predicted octanol–water partition coefficient (Wildman–Crippen LogP) is 4.40. The lowest BCUT2D eigenvalue weighted by molar-refractivity contribution is -0.274. The number of hydrogen-bond acceptors (Lipinski definition) is 7. The van der Waals surface area contributed by atoms with Gasteiger partial charge in [0.15, 0.2) is 0 Å². The van der Waals surface area contributed by atoms with Crippen LogP contribution in [0.3, 0.4) is 0 Å². The second-order valence-electron chi connectivity index (χ2n) is 10.2. The SMILES string of the molecule is NC(=O)[C@H](CCCNC1(N)CC1)n1c(-c2cccc(OC(F)(F)F)c2)nc2cc(C(=O)Nc3ccc(O)cc3)ccc21. The highest BCUT2D eigenvalue weighted by atomic mass is 19.4. The van der Waals surface area contributed by atoms with Gasteiger partial charge in [0.1, 0.15) is 23.4 Å². The van der Waals surface area contributed by atoms with Gasteiger partial charge in [-0.25, -0.2) is 4.98 Å². The number of hydrogen-bond donors (Lipinski definition) is 5. The summed E-state index contributed by atoms with van der Waals surface area (Å²) >= 11 is 0. The van der Waals surface area contributed by atoms with Gasteiger partial charge in [0, 0.05) is 16.8 Å². The number of nitrogens with two attached hydrogens (primary N) is 2. The van der Waals surface area contributed by atoms with Crippen LogP contribution in [0.2, 0.25) is 0 Å². The summed E-state index contributed by atoms with van der Waals surface area (Å²) in [4.78, 5) is 30.4. The summed E-state index contributed by atoms with van der Waals surface area (Å²) in [5.41, 5.74) is 13.3. The minimum Gasteiger partial charge on any atom is -0.508 e. The maximum Gasteiger partial charge on any atom is 0.573 e. The lowest BCUT2D eigenvalue weighted by atomic mass is 10.1. The van der Waals surface area contributed by atoms with Crippen LogP contribution in [0.4, 0.5) is 18.9 Å². The highest BCUT2D eigenvalue weighted by Crippen LogP contribution is 2.34. The molecule has 42 heavy (non-hydrogen) atoms. The van der Waals surface area contributed by atoms with Gasteiger partial charge in [-0.1, -0.05) is 12.1 Å². The van der Waals surface area contributed by atoms with E-state index in [-0.39, 0.29) is 28.4 Å². The number of benzene rings is 3. The van der Waals surface area contributed by atoms with Gasteiger partial charge in [0.25, 0.3) is 5.91 Å². The van der Waals surface area contributed by atoms with Gasteiger partial charge in [-0.3, -0.25) is 14.9 Å². The molecular weight excluding hydrogens is 553 g/mol. The molecule has 3 aromatic carbocycles. The predicted molar refractivity (Wildman–Crippen MR) is 150 cm³/mol. The number of primary amides is 1. The highest BCUT2D eigenvalue weighted by molar-refractivity contribution is 6.06. The molecule has 1 aromatic heterocycles. The molecule has 220 valence electrons. The molecule has 0 radical (unpaired) electrons. The summed E-state index contributed by atoms with van der Waals surface area (Å²) in [6, 6.07) is 15.0. The van der Waals surface area contributed by atoms with Crippen molar-refractivity contribution in [3.8, 4) is 22.9 Å². The van der Waals surface area contributed by atoms with Crippen LogP contribution in [-0.4, -0.2) is 45.0 Å². The first-order valence-electron chi connectivity index (χ1n) is 13.2. The number of phenolic OH excluding ortho intramolecular Hbond substituents is 1. The number of phenols is 1. The Labute approximate surface area is 238 Å². The maximum atomic E-state index is 13.0. The first kappa shape index (κ1) is 28.9. The molecule has 1 aliphatic carbocycles. The van der Waals surface area contributed by atoms with Crippen molar-refractivity contribution in [1.82, 2.24) is 14.9 Å². The Balaban J connectivity index is 1.52. The fourth-order valence-electron chi connectivity index (χ4n) is 4.68. The number of nitrogens with one attached hydrogen (secondary N) is 2. The molecule has 10 nitrogen and oxygen atoms in total. The van der Waals surface area contributed by atoms with Crippen LogP contribution < -0.4 is 26.8 Å². The average Bonchev–Trinajstić information content (AvgIpc) is 3.54. The number of rotatable bonds is 11. The molecule has 0 spiro atoms. The zero-order chi connectivity index (χ0) is 30.1. The topological polar surface area (TPSA) is 158 Å². The fraction of sp³-hybridized carbons (Fsp3) is 0.276. The Morgan fingerprint density at radius 2 is 1.83 bits per heavy atom. The van der Waals surface area contributed by atoms with E-state index in [1.54, 1.807) is 22.8 Å². The van der Waals surface area contributed by atoms with Crippen LogP contribution in [0.25, 0.3) is 22.4 Å². The maximum absolute atomic E-state index is 13.0. The van der Waals surface area contributed by atoms with Crippen LogP contribution in [0.15, 0.2) is 66.7 Å². The molecule has 1 aliphatic rings. The minimum atomic E-state index is -4.90. The first-order chi connectivity index (χ1) is 19.9. The number of carbonyl (C=O) groups is 2.